The first-order valence-corrected chi connectivity index (χ1v) is 10.6. The number of pyridine rings is 1. The summed E-state index contributed by atoms with van der Waals surface area (Å²) in [6.07, 6.45) is 4.45. The third-order valence-electron chi connectivity index (χ3n) is 5.95. The van der Waals surface area contributed by atoms with Gasteiger partial charge >= 0.3 is 0 Å². The quantitative estimate of drug-likeness (QED) is 0.728. The van der Waals surface area contributed by atoms with Gasteiger partial charge in [0.2, 0.25) is 0 Å². The fraction of sp³-hybridized carbons (Fsp3) is 0.500. The summed E-state index contributed by atoms with van der Waals surface area (Å²) < 4.78 is 11.0. The van der Waals surface area contributed by atoms with Crippen molar-refractivity contribution in [1.29, 1.82) is 0 Å². The normalized spacial score (nSPS) is 19.1. The van der Waals surface area contributed by atoms with Gasteiger partial charge in [-0.3, -0.25) is 0 Å². The van der Waals surface area contributed by atoms with Crippen LogP contribution in [-0.4, -0.2) is 53.5 Å². The molecule has 2 aromatic heterocycles. The Bertz CT molecular complexity index is 974. The summed E-state index contributed by atoms with van der Waals surface area (Å²) in [4.78, 5) is 11.8. The minimum absolute atomic E-state index is 0.540. The van der Waals surface area contributed by atoms with Crippen molar-refractivity contribution in [3.05, 3.63) is 36.2 Å². The lowest BCUT2D eigenvalue weighted by molar-refractivity contribution is 0.0738. The monoisotopic (exact) mass is 393 g/mol. The van der Waals surface area contributed by atoms with Crippen LogP contribution < -0.4 is 10.2 Å². The fourth-order valence-electron chi connectivity index (χ4n) is 4.37. The van der Waals surface area contributed by atoms with Gasteiger partial charge in [0.1, 0.15) is 5.82 Å². The fourth-order valence-corrected chi connectivity index (χ4v) is 4.37. The van der Waals surface area contributed by atoms with Crippen LogP contribution in [0.1, 0.15) is 31.5 Å². The highest BCUT2D eigenvalue weighted by molar-refractivity contribution is 5.87. The van der Waals surface area contributed by atoms with Gasteiger partial charge in [0.25, 0.3) is 5.89 Å². The van der Waals surface area contributed by atoms with Crippen molar-refractivity contribution in [3.63, 3.8) is 0 Å². The molecular formula is C22H27N5O2. The maximum Gasteiger partial charge on any atom is 0.261 e. The molecule has 1 aromatic carbocycles. The van der Waals surface area contributed by atoms with Gasteiger partial charge in [0.05, 0.1) is 11.1 Å². The number of ether oxygens (including phenoxy) is 1. The molecule has 0 atom stereocenters. The van der Waals surface area contributed by atoms with Crippen LogP contribution in [0.2, 0.25) is 0 Å². The first-order valence-electron chi connectivity index (χ1n) is 10.6. The zero-order chi connectivity index (χ0) is 19.6. The van der Waals surface area contributed by atoms with E-state index in [9.17, 15) is 0 Å². The van der Waals surface area contributed by atoms with Crippen LogP contribution in [0.25, 0.3) is 22.4 Å². The van der Waals surface area contributed by atoms with Gasteiger partial charge in [0, 0.05) is 43.8 Å². The van der Waals surface area contributed by atoms with E-state index in [4.69, 9.17) is 14.2 Å². The summed E-state index contributed by atoms with van der Waals surface area (Å²) in [5.41, 5.74) is 1.91. The molecule has 2 fully saturated rings. The number of piperidine rings is 1. The third-order valence-corrected chi connectivity index (χ3v) is 5.95. The predicted molar refractivity (Wildman–Crippen MR) is 112 cm³/mol. The lowest BCUT2D eigenvalue weighted by Gasteiger charge is -2.36. The summed E-state index contributed by atoms with van der Waals surface area (Å²) >= 11 is 0. The van der Waals surface area contributed by atoms with Crippen LogP contribution >= 0.6 is 0 Å². The molecule has 0 amide bonds. The Morgan fingerprint density at radius 3 is 2.52 bits per heavy atom. The van der Waals surface area contributed by atoms with E-state index in [1.54, 1.807) is 0 Å². The van der Waals surface area contributed by atoms with Gasteiger partial charge in [-0.2, -0.15) is 4.98 Å². The van der Waals surface area contributed by atoms with Crippen LogP contribution in [0.15, 0.2) is 34.9 Å². The van der Waals surface area contributed by atoms with Crippen LogP contribution in [-0.2, 0) is 4.74 Å². The van der Waals surface area contributed by atoms with Crippen molar-refractivity contribution in [2.45, 2.75) is 44.7 Å². The third kappa shape index (κ3) is 3.97. The van der Waals surface area contributed by atoms with E-state index < -0.39 is 0 Å². The van der Waals surface area contributed by atoms with Gasteiger partial charge in [-0.1, -0.05) is 23.4 Å². The number of nitrogens with one attached hydrogen (secondary N) is 1. The van der Waals surface area contributed by atoms with Crippen LogP contribution in [0.4, 0.5) is 5.82 Å². The Kier molecular flexibility index (Phi) is 5.16. The van der Waals surface area contributed by atoms with Gasteiger partial charge in [0.15, 0.2) is 5.82 Å². The molecule has 7 heteroatoms. The predicted octanol–water partition coefficient (Wildman–Crippen LogP) is 3.33. The first-order chi connectivity index (χ1) is 14.3. The number of para-hydroxylation sites is 1. The van der Waals surface area contributed by atoms with Crippen molar-refractivity contribution in [3.8, 4) is 11.5 Å². The van der Waals surface area contributed by atoms with Gasteiger partial charge < -0.3 is 19.5 Å². The highest BCUT2D eigenvalue weighted by atomic mass is 16.5. The Balaban J connectivity index is 1.38. The van der Waals surface area contributed by atoms with Crippen molar-refractivity contribution in [1.82, 2.24) is 20.4 Å². The van der Waals surface area contributed by atoms with Gasteiger partial charge in [-0.05, 0) is 44.7 Å². The van der Waals surface area contributed by atoms with E-state index in [1.807, 2.05) is 19.1 Å². The van der Waals surface area contributed by atoms with Crippen molar-refractivity contribution < 1.29 is 9.26 Å². The Morgan fingerprint density at radius 1 is 1.00 bits per heavy atom. The maximum atomic E-state index is 5.50. The molecule has 7 nitrogen and oxygen atoms in total. The molecule has 0 unspecified atom stereocenters. The largest absolute Gasteiger partial charge is 0.381 e. The van der Waals surface area contributed by atoms with Gasteiger partial charge in [-0.25, -0.2) is 4.98 Å². The van der Waals surface area contributed by atoms with Gasteiger partial charge in [-0.15, -0.1) is 0 Å². The Labute approximate surface area is 170 Å². The lowest BCUT2D eigenvalue weighted by Crippen LogP contribution is -2.48. The number of fused-ring (bicyclic) bond motifs is 1. The van der Waals surface area contributed by atoms with E-state index in [1.165, 1.54) is 0 Å². The number of nitrogens with zero attached hydrogens (tertiary/aromatic N) is 4. The number of benzene rings is 1. The molecule has 0 bridgehead atoms. The molecule has 0 aliphatic carbocycles. The molecule has 2 aliphatic heterocycles. The van der Waals surface area contributed by atoms with E-state index >= 15 is 0 Å². The minimum atomic E-state index is 0.540. The molecule has 5 rings (SSSR count). The second kappa shape index (κ2) is 8.08. The maximum absolute atomic E-state index is 5.50. The molecule has 0 radical (unpaired) electrons. The van der Waals surface area contributed by atoms with Crippen LogP contribution in [0.3, 0.4) is 0 Å². The number of aromatic nitrogens is 3. The first kappa shape index (κ1) is 18.5. The minimum Gasteiger partial charge on any atom is -0.381 e. The van der Waals surface area contributed by atoms with E-state index in [-0.39, 0.29) is 0 Å². The molecule has 3 aromatic rings. The molecule has 0 saturated carbocycles. The molecular weight excluding hydrogens is 366 g/mol. The Morgan fingerprint density at radius 2 is 1.76 bits per heavy atom. The molecule has 152 valence electrons. The standard InChI is InChI=1S/C22H27N5O2/c1-15-23-22(29-26-15)19-14-16-4-2-3-5-20(16)25-21(19)27-10-6-17(7-11-27)24-18-8-12-28-13-9-18/h2-5,14,17-18,24H,6-13H2,1H3. The summed E-state index contributed by atoms with van der Waals surface area (Å²) in [6, 6.07) is 11.5. The summed E-state index contributed by atoms with van der Waals surface area (Å²) in [7, 11) is 0. The molecule has 4 heterocycles. The topological polar surface area (TPSA) is 76.3 Å². The second-order valence-corrected chi connectivity index (χ2v) is 8.01. The second-order valence-electron chi connectivity index (χ2n) is 8.01. The number of rotatable bonds is 4. The van der Waals surface area contributed by atoms with E-state index in [2.05, 4.69) is 38.6 Å². The van der Waals surface area contributed by atoms with E-state index in [0.717, 1.165) is 74.3 Å². The van der Waals surface area contributed by atoms with Crippen molar-refractivity contribution in [2.75, 3.05) is 31.2 Å². The zero-order valence-electron chi connectivity index (χ0n) is 16.8. The number of hydrogen-bond acceptors (Lipinski definition) is 7. The molecule has 0 spiro atoms. The highest BCUT2D eigenvalue weighted by Crippen LogP contribution is 2.33. The van der Waals surface area contributed by atoms with Crippen molar-refractivity contribution in [2.24, 2.45) is 0 Å². The Hall–Kier alpha value is -2.51. The summed E-state index contributed by atoms with van der Waals surface area (Å²) in [5.74, 6) is 2.12. The average Bonchev–Trinajstić information content (AvgIpc) is 3.20. The molecule has 2 saturated heterocycles. The summed E-state index contributed by atoms with van der Waals surface area (Å²) in [5, 5.41) is 8.91. The highest BCUT2D eigenvalue weighted by Gasteiger charge is 2.26. The average molecular weight is 393 g/mol. The lowest BCUT2D eigenvalue weighted by atomic mass is 10.0. The van der Waals surface area contributed by atoms with E-state index in [0.29, 0.717) is 23.8 Å². The number of aryl methyl sites for hydroxylation is 1. The zero-order valence-corrected chi connectivity index (χ0v) is 16.8. The SMILES string of the molecule is Cc1noc(-c2cc3ccccc3nc2N2CCC(NC3CCOCC3)CC2)n1. The molecule has 29 heavy (non-hydrogen) atoms. The molecule has 1 N–H and O–H groups in total. The summed E-state index contributed by atoms with van der Waals surface area (Å²) in [6.45, 7) is 5.53. The van der Waals surface area contributed by atoms with Crippen LogP contribution in [0.5, 0.6) is 0 Å². The van der Waals surface area contributed by atoms with Crippen molar-refractivity contribution >= 4 is 16.7 Å². The smallest absolute Gasteiger partial charge is 0.261 e. The number of anilines is 1. The number of hydrogen-bond donors (Lipinski definition) is 1. The van der Waals surface area contributed by atoms with Crippen LogP contribution in [0, 0.1) is 6.92 Å². The molecule has 2 aliphatic rings.